The van der Waals surface area contributed by atoms with Crippen LogP contribution in [0.5, 0.6) is 0 Å². The first-order valence-corrected chi connectivity index (χ1v) is 11.9. The summed E-state index contributed by atoms with van der Waals surface area (Å²) in [5.74, 6) is 3.00. The normalized spacial score (nSPS) is 49.2. The highest BCUT2D eigenvalue weighted by atomic mass is 16.7. The molecular formula is C24H38N2O3. The minimum absolute atomic E-state index is 0.0925. The molecule has 5 heteroatoms. The average Bonchev–Trinajstić information content (AvgIpc) is 3.34. The van der Waals surface area contributed by atoms with Gasteiger partial charge in [0.25, 0.3) is 0 Å². The van der Waals surface area contributed by atoms with Gasteiger partial charge in [0.1, 0.15) is 5.78 Å². The van der Waals surface area contributed by atoms with Crippen molar-refractivity contribution in [1.82, 2.24) is 10.8 Å². The van der Waals surface area contributed by atoms with E-state index in [1.54, 1.807) is 0 Å². The van der Waals surface area contributed by atoms with Crippen LogP contribution in [0.1, 0.15) is 65.2 Å². The number of aliphatic hydroxyl groups excluding tert-OH is 1. The lowest BCUT2D eigenvalue weighted by Gasteiger charge is -2.60. The maximum absolute atomic E-state index is 12.7. The highest BCUT2D eigenvalue weighted by Gasteiger charge is 2.61. The van der Waals surface area contributed by atoms with E-state index < -0.39 is 0 Å². The Morgan fingerprint density at radius 3 is 2.83 bits per heavy atom. The summed E-state index contributed by atoms with van der Waals surface area (Å²) in [5.41, 5.74) is 4.61. The molecule has 5 nitrogen and oxygen atoms in total. The Kier molecular flexibility index (Phi) is 5.07. The molecule has 0 radical (unpaired) electrons. The van der Waals surface area contributed by atoms with Gasteiger partial charge in [-0.2, -0.15) is 0 Å². The SMILES string of the molecule is C[C@]12CCC(NO[C@H]3CCNC3)=CC1[C@@H](CO)C[C@@H]1[C@@H]2CC[C@]2(C)C(=O)CC[C@@H]12. The van der Waals surface area contributed by atoms with Gasteiger partial charge >= 0.3 is 0 Å². The minimum Gasteiger partial charge on any atom is -0.396 e. The largest absolute Gasteiger partial charge is 0.396 e. The summed E-state index contributed by atoms with van der Waals surface area (Å²) in [6.45, 7) is 6.92. The Morgan fingerprint density at radius 2 is 2.07 bits per heavy atom. The number of allylic oxidation sites excluding steroid dienone is 2. The van der Waals surface area contributed by atoms with Gasteiger partial charge in [0, 0.05) is 30.7 Å². The number of hydrogen-bond acceptors (Lipinski definition) is 5. The Bertz CT molecular complexity index is 688. The molecule has 8 atom stereocenters. The molecule has 3 saturated carbocycles. The monoisotopic (exact) mass is 402 g/mol. The smallest absolute Gasteiger partial charge is 0.139 e. The number of carbonyl (C=O) groups is 1. The maximum atomic E-state index is 12.7. The number of carbonyl (C=O) groups excluding carboxylic acids is 1. The molecule has 1 aliphatic heterocycles. The fraction of sp³-hybridized carbons (Fsp3) is 0.875. The van der Waals surface area contributed by atoms with Crippen LogP contribution >= 0.6 is 0 Å². The van der Waals surface area contributed by atoms with Gasteiger partial charge in [0.05, 0.1) is 6.10 Å². The average molecular weight is 403 g/mol. The number of rotatable bonds is 4. The van der Waals surface area contributed by atoms with Crippen LogP contribution in [0.3, 0.4) is 0 Å². The molecule has 1 unspecified atom stereocenters. The molecule has 5 rings (SSSR count). The molecule has 3 N–H and O–H groups in total. The first-order valence-electron chi connectivity index (χ1n) is 11.9. The second kappa shape index (κ2) is 7.35. The van der Waals surface area contributed by atoms with Gasteiger partial charge in [-0.3, -0.25) is 15.1 Å². The van der Waals surface area contributed by atoms with E-state index >= 15 is 0 Å². The highest BCUT2D eigenvalue weighted by Crippen LogP contribution is 2.66. The molecule has 5 aliphatic rings. The van der Waals surface area contributed by atoms with Gasteiger partial charge in [0.15, 0.2) is 0 Å². The first kappa shape index (κ1) is 20.0. The van der Waals surface area contributed by atoms with Crippen LogP contribution < -0.4 is 10.8 Å². The van der Waals surface area contributed by atoms with E-state index in [2.05, 4.69) is 30.7 Å². The molecular weight excluding hydrogens is 364 g/mol. The molecule has 0 spiro atoms. The molecule has 0 aromatic carbocycles. The summed E-state index contributed by atoms with van der Waals surface area (Å²) < 4.78 is 0. The fourth-order valence-corrected chi connectivity index (χ4v) is 8.03. The zero-order chi connectivity index (χ0) is 20.2. The Hall–Kier alpha value is -0.910. The van der Waals surface area contributed by atoms with E-state index in [4.69, 9.17) is 4.84 Å². The number of nitrogens with one attached hydrogen (secondary N) is 2. The van der Waals surface area contributed by atoms with Crippen LogP contribution in [0.4, 0.5) is 0 Å². The number of aliphatic hydroxyl groups is 1. The van der Waals surface area contributed by atoms with Crippen LogP contribution in [-0.2, 0) is 9.63 Å². The molecule has 162 valence electrons. The van der Waals surface area contributed by atoms with Crippen molar-refractivity contribution in [3.8, 4) is 0 Å². The van der Waals surface area contributed by atoms with Crippen LogP contribution in [0.2, 0.25) is 0 Å². The topological polar surface area (TPSA) is 70.6 Å². The summed E-state index contributed by atoms with van der Waals surface area (Å²) in [5, 5.41) is 13.7. The summed E-state index contributed by atoms with van der Waals surface area (Å²) in [6.07, 6.45) is 11.0. The lowest BCUT2D eigenvalue weighted by molar-refractivity contribution is -0.141. The molecule has 1 saturated heterocycles. The molecule has 0 aromatic rings. The van der Waals surface area contributed by atoms with Crippen LogP contribution in [0.25, 0.3) is 0 Å². The molecule has 4 aliphatic carbocycles. The van der Waals surface area contributed by atoms with Gasteiger partial charge in [-0.05, 0) is 86.5 Å². The van der Waals surface area contributed by atoms with Crippen molar-refractivity contribution >= 4 is 5.78 Å². The first-order chi connectivity index (χ1) is 14.0. The van der Waals surface area contributed by atoms with Crippen molar-refractivity contribution in [3.63, 3.8) is 0 Å². The maximum Gasteiger partial charge on any atom is 0.139 e. The number of fused-ring (bicyclic) bond motifs is 5. The van der Waals surface area contributed by atoms with Crippen molar-refractivity contribution in [2.75, 3.05) is 19.7 Å². The zero-order valence-corrected chi connectivity index (χ0v) is 18.1. The van der Waals surface area contributed by atoms with E-state index in [0.29, 0.717) is 35.4 Å². The predicted octanol–water partition coefficient (Wildman–Crippen LogP) is 3.19. The van der Waals surface area contributed by atoms with Crippen molar-refractivity contribution in [1.29, 1.82) is 0 Å². The van der Waals surface area contributed by atoms with E-state index in [1.807, 2.05) is 0 Å². The van der Waals surface area contributed by atoms with Gasteiger partial charge < -0.3 is 10.4 Å². The second-order valence-electron chi connectivity index (χ2n) is 11.0. The minimum atomic E-state index is -0.0925. The summed E-state index contributed by atoms with van der Waals surface area (Å²) in [4.78, 5) is 18.6. The van der Waals surface area contributed by atoms with Gasteiger partial charge in [0.2, 0.25) is 0 Å². The zero-order valence-electron chi connectivity index (χ0n) is 18.1. The Labute approximate surface area is 175 Å². The third kappa shape index (κ3) is 3.11. The van der Waals surface area contributed by atoms with E-state index in [0.717, 1.165) is 58.0 Å². The Morgan fingerprint density at radius 1 is 1.21 bits per heavy atom. The fourth-order valence-electron chi connectivity index (χ4n) is 8.03. The molecule has 0 aromatic heterocycles. The van der Waals surface area contributed by atoms with Crippen molar-refractivity contribution < 1.29 is 14.7 Å². The Balaban J connectivity index is 1.37. The third-order valence-electron chi connectivity index (χ3n) is 9.76. The number of Topliss-reactive ketones (excluding diaryl/α,β-unsaturated/α-hetero) is 1. The molecule has 29 heavy (non-hydrogen) atoms. The lowest BCUT2D eigenvalue weighted by atomic mass is 9.44. The molecule has 1 heterocycles. The van der Waals surface area contributed by atoms with Crippen LogP contribution in [0.15, 0.2) is 11.8 Å². The van der Waals surface area contributed by atoms with Gasteiger partial charge in [-0.1, -0.05) is 19.9 Å². The number of hydrogen-bond donors (Lipinski definition) is 3. The molecule has 0 bridgehead atoms. The summed E-state index contributed by atoms with van der Waals surface area (Å²) in [7, 11) is 0. The van der Waals surface area contributed by atoms with E-state index in [9.17, 15) is 9.90 Å². The number of hydroxylamine groups is 1. The van der Waals surface area contributed by atoms with Crippen LogP contribution in [0, 0.1) is 40.4 Å². The number of ketones is 1. The molecule has 0 amide bonds. The lowest BCUT2D eigenvalue weighted by Crippen LogP contribution is -2.55. The van der Waals surface area contributed by atoms with E-state index in [1.165, 1.54) is 12.1 Å². The van der Waals surface area contributed by atoms with Crippen LogP contribution in [-0.4, -0.2) is 36.7 Å². The molecule has 4 fully saturated rings. The standard InChI is InChI=1S/C24H38N2O3/c1-23-8-5-16(26-29-17-7-10-25-13-17)12-21(23)15(14-27)11-18-19-3-4-22(28)24(19,2)9-6-20(18)23/h12,15,17-21,25-27H,3-11,13-14H2,1-2H3/t15-,17+,18+,19+,20+,21?,23-,24+/m1/s1. The third-order valence-corrected chi connectivity index (χ3v) is 9.76. The van der Waals surface area contributed by atoms with Gasteiger partial charge in [-0.25, -0.2) is 0 Å². The van der Waals surface area contributed by atoms with Crippen molar-refractivity contribution in [3.05, 3.63) is 11.8 Å². The van der Waals surface area contributed by atoms with E-state index in [-0.39, 0.29) is 23.5 Å². The quantitative estimate of drug-likeness (QED) is 0.630. The summed E-state index contributed by atoms with van der Waals surface area (Å²) in [6, 6.07) is 0. The predicted molar refractivity (Wildman–Crippen MR) is 112 cm³/mol. The highest BCUT2D eigenvalue weighted by molar-refractivity contribution is 5.87. The van der Waals surface area contributed by atoms with Crippen molar-refractivity contribution in [2.45, 2.75) is 71.3 Å². The van der Waals surface area contributed by atoms with Crippen molar-refractivity contribution in [2.24, 2.45) is 40.4 Å². The second-order valence-corrected chi connectivity index (χ2v) is 11.0. The summed E-state index contributed by atoms with van der Waals surface area (Å²) >= 11 is 0. The van der Waals surface area contributed by atoms with Gasteiger partial charge in [-0.15, -0.1) is 0 Å².